The highest BCUT2D eigenvalue weighted by Gasteiger charge is 2.12. The molecule has 2 nitrogen and oxygen atoms in total. The molecule has 0 saturated heterocycles. The lowest BCUT2D eigenvalue weighted by molar-refractivity contribution is 0.0951. The van der Waals surface area contributed by atoms with Crippen LogP contribution in [-0.2, 0) is 6.54 Å². The average Bonchev–Trinajstić information content (AvgIpc) is 2.37. The maximum atomic E-state index is 12.0. The fourth-order valence-corrected chi connectivity index (χ4v) is 2.82. The molecule has 0 aliphatic rings. The molecule has 6 heteroatoms. The van der Waals surface area contributed by atoms with E-state index in [1.165, 1.54) is 0 Å². The maximum absolute atomic E-state index is 12.0. The van der Waals surface area contributed by atoms with Crippen molar-refractivity contribution in [3.8, 4) is 0 Å². The number of benzene rings is 2. The van der Waals surface area contributed by atoms with Crippen LogP contribution in [0.5, 0.6) is 0 Å². The van der Waals surface area contributed by atoms with Crippen molar-refractivity contribution in [2.45, 2.75) is 6.54 Å². The third-order valence-corrected chi connectivity index (χ3v) is 3.87. The van der Waals surface area contributed by atoms with Gasteiger partial charge in [0.1, 0.15) is 0 Å². The van der Waals surface area contributed by atoms with E-state index in [9.17, 15) is 4.79 Å². The molecule has 2 aromatic carbocycles. The second kappa shape index (κ2) is 6.68. The highest BCUT2D eigenvalue weighted by atomic mass is 35.5. The van der Waals surface area contributed by atoms with Gasteiger partial charge in [-0.15, -0.1) is 0 Å². The van der Waals surface area contributed by atoms with Crippen LogP contribution >= 0.6 is 46.4 Å². The molecule has 104 valence electrons. The minimum atomic E-state index is -0.294. The summed E-state index contributed by atoms with van der Waals surface area (Å²) in [6.45, 7) is 0.193. The van der Waals surface area contributed by atoms with Crippen LogP contribution in [0.2, 0.25) is 20.1 Å². The lowest BCUT2D eigenvalue weighted by atomic mass is 10.2. The van der Waals surface area contributed by atoms with E-state index in [-0.39, 0.29) is 12.5 Å². The maximum Gasteiger partial charge on any atom is 0.253 e. The van der Waals surface area contributed by atoms with Gasteiger partial charge in [-0.1, -0.05) is 58.5 Å². The van der Waals surface area contributed by atoms with Crippen molar-refractivity contribution in [1.29, 1.82) is 0 Å². The first-order chi connectivity index (χ1) is 9.49. The van der Waals surface area contributed by atoms with Gasteiger partial charge in [-0.25, -0.2) is 0 Å². The highest BCUT2D eigenvalue weighted by Crippen LogP contribution is 2.29. The van der Waals surface area contributed by atoms with Gasteiger partial charge in [0.2, 0.25) is 0 Å². The van der Waals surface area contributed by atoms with Crippen molar-refractivity contribution in [3.63, 3.8) is 0 Å². The van der Waals surface area contributed by atoms with Crippen molar-refractivity contribution < 1.29 is 4.79 Å². The number of halogens is 4. The number of hydrogen-bond donors (Lipinski definition) is 1. The summed E-state index contributed by atoms with van der Waals surface area (Å²) in [6.07, 6.45) is 0. The Kier molecular flexibility index (Phi) is 5.17. The number of carbonyl (C=O) groups excluding carboxylic acids is 1. The predicted octanol–water partition coefficient (Wildman–Crippen LogP) is 5.23. The molecule has 0 aromatic heterocycles. The van der Waals surface area contributed by atoms with Gasteiger partial charge in [0.25, 0.3) is 5.91 Å². The number of nitrogens with one attached hydrogen (secondary N) is 1. The second-order valence-corrected chi connectivity index (χ2v) is 5.67. The Morgan fingerprint density at radius 2 is 1.55 bits per heavy atom. The zero-order valence-corrected chi connectivity index (χ0v) is 13.1. The Balaban J connectivity index is 2.14. The fraction of sp³-hybridized carbons (Fsp3) is 0.0714. The lowest BCUT2D eigenvalue weighted by Crippen LogP contribution is -2.23. The summed E-state index contributed by atoms with van der Waals surface area (Å²) >= 11 is 23.9. The van der Waals surface area contributed by atoms with Crippen LogP contribution in [0.4, 0.5) is 0 Å². The monoisotopic (exact) mass is 347 g/mol. The van der Waals surface area contributed by atoms with Crippen LogP contribution in [0, 0.1) is 0 Å². The highest BCUT2D eigenvalue weighted by molar-refractivity contribution is 6.39. The Morgan fingerprint density at radius 3 is 2.15 bits per heavy atom. The van der Waals surface area contributed by atoms with Crippen LogP contribution in [0.1, 0.15) is 15.9 Å². The predicted molar refractivity (Wildman–Crippen MR) is 84.1 cm³/mol. The van der Waals surface area contributed by atoms with Crippen molar-refractivity contribution in [2.75, 3.05) is 0 Å². The summed E-state index contributed by atoms with van der Waals surface area (Å²) in [5, 5.41) is 4.36. The van der Waals surface area contributed by atoms with Gasteiger partial charge in [0.15, 0.2) is 0 Å². The first-order valence-corrected chi connectivity index (χ1v) is 7.16. The van der Waals surface area contributed by atoms with Gasteiger partial charge in [-0.2, -0.15) is 0 Å². The Bertz CT molecular complexity index is 634. The molecule has 0 aliphatic heterocycles. The molecular formula is C14H9Cl4NO. The molecular weight excluding hydrogens is 340 g/mol. The van der Waals surface area contributed by atoms with Crippen LogP contribution in [0.25, 0.3) is 0 Å². The molecule has 0 saturated carbocycles. The number of carbonyl (C=O) groups is 1. The Hall–Kier alpha value is -0.930. The van der Waals surface area contributed by atoms with Crippen LogP contribution < -0.4 is 5.32 Å². The van der Waals surface area contributed by atoms with E-state index in [0.29, 0.717) is 31.2 Å². The van der Waals surface area contributed by atoms with E-state index in [1.54, 1.807) is 36.4 Å². The van der Waals surface area contributed by atoms with E-state index in [0.717, 1.165) is 0 Å². The topological polar surface area (TPSA) is 29.1 Å². The zero-order valence-electron chi connectivity index (χ0n) is 10.1. The first-order valence-electron chi connectivity index (χ1n) is 5.65. The van der Waals surface area contributed by atoms with E-state index in [4.69, 9.17) is 46.4 Å². The summed E-state index contributed by atoms with van der Waals surface area (Å²) in [5.74, 6) is -0.294. The lowest BCUT2D eigenvalue weighted by Gasteiger charge is -2.10. The molecule has 0 fully saturated rings. The van der Waals surface area contributed by atoms with E-state index in [1.807, 2.05) is 0 Å². The molecule has 0 spiro atoms. The van der Waals surface area contributed by atoms with Crippen molar-refractivity contribution >= 4 is 52.3 Å². The Labute approximate surface area is 136 Å². The van der Waals surface area contributed by atoms with Crippen LogP contribution in [0.15, 0.2) is 36.4 Å². The second-order valence-electron chi connectivity index (χ2n) is 4.01. The van der Waals surface area contributed by atoms with Gasteiger partial charge in [0.05, 0.1) is 10.6 Å². The third kappa shape index (κ3) is 3.58. The minimum absolute atomic E-state index is 0.193. The minimum Gasteiger partial charge on any atom is -0.348 e. The van der Waals surface area contributed by atoms with Gasteiger partial charge in [-0.05, 0) is 24.3 Å². The van der Waals surface area contributed by atoms with Crippen LogP contribution in [0.3, 0.4) is 0 Å². The van der Waals surface area contributed by atoms with E-state index < -0.39 is 0 Å². The van der Waals surface area contributed by atoms with Crippen LogP contribution in [-0.4, -0.2) is 5.91 Å². The first kappa shape index (κ1) is 15.5. The Morgan fingerprint density at radius 1 is 0.950 bits per heavy atom. The van der Waals surface area contributed by atoms with Crippen molar-refractivity contribution in [2.24, 2.45) is 0 Å². The molecule has 0 bridgehead atoms. The molecule has 0 atom stereocenters. The largest absolute Gasteiger partial charge is 0.348 e. The molecule has 2 aromatic rings. The molecule has 2 rings (SSSR count). The fourth-order valence-electron chi connectivity index (χ4n) is 1.65. The zero-order chi connectivity index (χ0) is 14.7. The SMILES string of the molecule is O=C(NCc1c(Cl)cc(Cl)cc1Cl)c1ccccc1Cl. The van der Waals surface area contributed by atoms with Gasteiger partial charge in [0, 0.05) is 27.2 Å². The number of rotatable bonds is 3. The normalized spacial score (nSPS) is 10.4. The summed E-state index contributed by atoms with van der Waals surface area (Å²) in [6, 6.07) is 9.94. The molecule has 1 amide bonds. The average molecular weight is 349 g/mol. The van der Waals surface area contributed by atoms with Crippen molar-refractivity contribution in [1.82, 2.24) is 5.32 Å². The summed E-state index contributed by atoms with van der Waals surface area (Å²) in [5.41, 5.74) is 1.01. The smallest absolute Gasteiger partial charge is 0.253 e. The molecule has 0 radical (unpaired) electrons. The standard InChI is InChI=1S/C14H9Cl4NO/c15-8-5-12(17)10(13(18)6-8)7-19-14(20)9-3-1-2-4-11(9)16/h1-6H,7H2,(H,19,20). The third-order valence-electron chi connectivity index (χ3n) is 2.65. The summed E-state index contributed by atoms with van der Waals surface area (Å²) < 4.78 is 0. The molecule has 0 heterocycles. The molecule has 0 aliphatic carbocycles. The molecule has 20 heavy (non-hydrogen) atoms. The molecule has 1 N–H and O–H groups in total. The van der Waals surface area contributed by atoms with Gasteiger partial charge >= 0.3 is 0 Å². The molecule has 0 unspecified atom stereocenters. The summed E-state index contributed by atoms with van der Waals surface area (Å²) in [7, 11) is 0. The van der Waals surface area contributed by atoms with E-state index >= 15 is 0 Å². The van der Waals surface area contributed by atoms with E-state index in [2.05, 4.69) is 5.32 Å². The van der Waals surface area contributed by atoms with Gasteiger partial charge in [-0.3, -0.25) is 4.79 Å². The number of amides is 1. The number of hydrogen-bond acceptors (Lipinski definition) is 1. The quantitative estimate of drug-likeness (QED) is 0.808. The van der Waals surface area contributed by atoms with Crippen molar-refractivity contribution in [3.05, 3.63) is 67.6 Å². The van der Waals surface area contributed by atoms with Gasteiger partial charge < -0.3 is 5.32 Å². The summed E-state index contributed by atoms with van der Waals surface area (Å²) in [4.78, 5) is 12.0.